The summed E-state index contributed by atoms with van der Waals surface area (Å²) in [5, 5.41) is 3.60. The van der Waals surface area contributed by atoms with E-state index in [1.807, 2.05) is 11.8 Å². The standard InChI is InChI=1S/C12H25NS/c1-3-9-13-11-12(6-4-7-12)8-5-10-14-2/h13H,3-11H2,1-2H3. The number of nitrogens with one attached hydrogen (secondary N) is 1. The van der Waals surface area contributed by atoms with Gasteiger partial charge in [0.1, 0.15) is 0 Å². The van der Waals surface area contributed by atoms with Crippen molar-refractivity contribution in [2.24, 2.45) is 5.41 Å². The van der Waals surface area contributed by atoms with Gasteiger partial charge in [-0.15, -0.1) is 0 Å². The Hall–Kier alpha value is 0.310. The Morgan fingerprint density at radius 2 is 2.14 bits per heavy atom. The SMILES string of the molecule is CCCNCC1(CCCSC)CCC1. The van der Waals surface area contributed by atoms with Crippen LogP contribution in [0.3, 0.4) is 0 Å². The van der Waals surface area contributed by atoms with Crippen LogP contribution in [0.5, 0.6) is 0 Å². The fourth-order valence-electron chi connectivity index (χ4n) is 2.31. The van der Waals surface area contributed by atoms with E-state index < -0.39 is 0 Å². The minimum atomic E-state index is 0.699. The molecule has 0 heterocycles. The Balaban J connectivity index is 2.13. The highest BCUT2D eigenvalue weighted by Crippen LogP contribution is 2.44. The Morgan fingerprint density at radius 1 is 1.36 bits per heavy atom. The molecule has 14 heavy (non-hydrogen) atoms. The molecule has 0 unspecified atom stereocenters. The topological polar surface area (TPSA) is 12.0 Å². The lowest BCUT2D eigenvalue weighted by Gasteiger charge is -2.42. The molecule has 0 aromatic carbocycles. The minimum absolute atomic E-state index is 0.699. The van der Waals surface area contributed by atoms with Crippen LogP contribution in [-0.4, -0.2) is 25.1 Å². The average molecular weight is 215 g/mol. The second kappa shape index (κ2) is 6.73. The van der Waals surface area contributed by atoms with Gasteiger partial charge in [-0.25, -0.2) is 0 Å². The molecule has 1 nitrogen and oxygen atoms in total. The number of thioether (sulfide) groups is 1. The molecule has 0 aromatic rings. The van der Waals surface area contributed by atoms with Crippen molar-refractivity contribution >= 4 is 11.8 Å². The van der Waals surface area contributed by atoms with E-state index >= 15 is 0 Å². The van der Waals surface area contributed by atoms with Crippen LogP contribution in [0.1, 0.15) is 45.4 Å². The van der Waals surface area contributed by atoms with Gasteiger partial charge in [-0.3, -0.25) is 0 Å². The summed E-state index contributed by atoms with van der Waals surface area (Å²) in [6.45, 7) is 4.72. The molecular weight excluding hydrogens is 190 g/mol. The molecular formula is C12H25NS. The van der Waals surface area contributed by atoms with E-state index in [1.54, 1.807) is 0 Å². The van der Waals surface area contributed by atoms with Gasteiger partial charge in [-0.1, -0.05) is 13.3 Å². The van der Waals surface area contributed by atoms with Gasteiger partial charge >= 0.3 is 0 Å². The molecule has 0 radical (unpaired) electrons. The second-order valence-corrected chi connectivity index (χ2v) is 5.61. The van der Waals surface area contributed by atoms with Crippen LogP contribution in [-0.2, 0) is 0 Å². The van der Waals surface area contributed by atoms with Crippen LogP contribution in [0, 0.1) is 5.41 Å². The van der Waals surface area contributed by atoms with E-state index in [4.69, 9.17) is 0 Å². The third-order valence-corrected chi connectivity index (χ3v) is 4.09. The largest absolute Gasteiger partial charge is 0.316 e. The van der Waals surface area contributed by atoms with Gasteiger partial charge < -0.3 is 5.32 Å². The third kappa shape index (κ3) is 3.82. The maximum absolute atomic E-state index is 3.60. The second-order valence-electron chi connectivity index (χ2n) is 4.63. The molecule has 1 aliphatic rings. The predicted molar refractivity (Wildman–Crippen MR) is 67.1 cm³/mol. The molecule has 1 saturated carbocycles. The fourth-order valence-corrected chi connectivity index (χ4v) is 2.75. The summed E-state index contributed by atoms with van der Waals surface area (Å²) < 4.78 is 0. The van der Waals surface area contributed by atoms with Gasteiger partial charge in [0.2, 0.25) is 0 Å². The molecule has 1 aliphatic carbocycles. The van der Waals surface area contributed by atoms with Gasteiger partial charge in [0.15, 0.2) is 0 Å². The van der Waals surface area contributed by atoms with Crippen molar-refractivity contribution in [1.82, 2.24) is 5.32 Å². The number of rotatable bonds is 8. The van der Waals surface area contributed by atoms with Crippen LogP contribution in [0.25, 0.3) is 0 Å². The first-order chi connectivity index (χ1) is 6.83. The Bertz CT molecular complexity index is 131. The Kier molecular flexibility index (Phi) is 5.95. The van der Waals surface area contributed by atoms with Gasteiger partial charge in [0.05, 0.1) is 0 Å². The molecule has 1 fully saturated rings. The van der Waals surface area contributed by atoms with E-state index in [0.29, 0.717) is 5.41 Å². The summed E-state index contributed by atoms with van der Waals surface area (Å²) in [4.78, 5) is 0. The summed E-state index contributed by atoms with van der Waals surface area (Å²) in [5.74, 6) is 1.34. The molecule has 84 valence electrons. The normalized spacial score (nSPS) is 19.3. The van der Waals surface area contributed by atoms with E-state index in [-0.39, 0.29) is 0 Å². The highest BCUT2D eigenvalue weighted by atomic mass is 32.2. The zero-order valence-corrected chi connectivity index (χ0v) is 10.6. The molecule has 0 aromatic heterocycles. The van der Waals surface area contributed by atoms with E-state index in [9.17, 15) is 0 Å². The Morgan fingerprint density at radius 3 is 2.64 bits per heavy atom. The quantitative estimate of drug-likeness (QED) is 0.624. The monoisotopic (exact) mass is 215 g/mol. The zero-order chi connectivity index (χ0) is 10.3. The van der Waals surface area contributed by atoms with Crippen LogP contribution >= 0.6 is 11.8 Å². The van der Waals surface area contributed by atoms with Crippen molar-refractivity contribution in [2.45, 2.75) is 45.4 Å². The van der Waals surface area contributed by atoms with Crippen molar-refractivity contribution < 1.29 is 0 Å². The molecule has 0 atom stereocenters. The Labute approximate surface area is 93.4 Å². The number of hydrogen-bond acceptors (Lipinski definition) is 2. The fraction of sp³-hybridized carbons (Fsp3) is 1.00. The lowest BCUT2D eigenvalue weighted by Crippen LogP contribution is -2.40. The maximum Gasteiger partial charge on any atom is 0.000781 e. The van der Waals surface area contributed by atoms with Crippen LogP contribution in [0.4, 0.5) is 0 Å². The van der Waals surface area contributed by atoms with Crippen molar-refractivity contribution in [1.29, 1.82) is 0 Å². The van der Waals surface area contributed by atoms with Gasteiger partial charge in [0, 0.05) is 6.54 Å². The van der Waals surface area contributed by atoms with E-state index in [1.165, 1.54) is 57.4 Å². The van der Waals surface area contributed by atoms with Gasteiger partial charge in [-0.2, -0.15) is 11.8 Å². The smallest absolute Gasteiger partial charge is 0.000781 e. The van der Waals surface area contributed by atoms with Gasteiger partial charge in [0.25, 0.3) is 0 Å². The van der Waals surface area contributed by atoms with Crippen LogP contribution in [0.2, 0.25) is 0 Å². The summed E-state index contributed by atoms with van der Waals surface area (Å²) in [6, 6.07) is 0. The lowest BCUT2D eigenvalue weighted by atomic mass is 9.66. The summed E-state index contributed by atoms with van der Waals surface area (Å²) in [7, 11) is 0. The third-order valence-electron chi connectivity index (χ3n) is 3.40. The molecule has 0 aliphatic heterocycles. The zero-order valence-electron chi connectivity index (χ0n) is 9.77. The lowest BCUT2D eigenvalue weighted by molar-refractivity contribution is 0.116. The first kappa shape index (κ1) is 12.4. The molecule has 0 amide bonds. The number of hydrogen-bond donors (Lipinski definition) is 1. The minimum Gasteiger partial charge on any atom is -0.316 e. The maximum atomic E-state index is 3.60. The van der Waals surface area contributed by atoms with Crippen molar-refractivity contribution in [3.63, 3.8) is 0 Å². The van der Waals surface area contributed by atoms with Crippen LogP contribution < -0.4 is 5.32 Å². The summed E-state index contributed by atoms with van der Waals surface area (Å²) in [6.07, 6.45) is 10.7. The molecule has 0 spiro atoms. The molecule has 0 bridgehead atoms. The average Bonchev–Trinajstić information content (AvgIpc) is 2.13. The van der Waals surface area contributed by atoms with Crippen molar-refractivity contribution in [2.75, 3.05) is 25.1 Å². The van der Waals surface area contributed by atoms with Gasteiger partial charge in [-0.05, 0) is 56.1 Å². The molecule has 1 rings (SSSR count). The highest BCUT2D eigenvalue weighted by molar-refractivity contribution is 7.98. The molecule has 1 N–H and O–H groups in total. The van der Waals surface area contributed by atoms with Crippen molar-refractivity contribution in [3.05, 3.63) is 0 Å². The van der Waals surface area contributed by atoms with E-state index in [2.05, 4.69) is 18.5 Å². The first-order valence-corrected chi connectivity index (χ1v) is 7.42. The molecule has 0 saturated heterocycles. The highest BCUT2D eigenvalue weighted by Gasteiger charge is 2.35. The predicted octanol–water partition coefficient (Wildman–Crippen LogP) is 3.30. The van der Waals surface area contributed by atoms with Crippen molar-refractivity contribution in [3.8, 4) is 0 Å². The first-order valence-electron chi connectivity index (χ1n) is 6.03. The van der Waals surface area contributed by atoms with Crippen LogP contribution in [0.15, 0.2) is 0 Å². The van der Waals surface area contributed by atoms with E-state index in [0.717, 1.165) is 0 Å². The summed E-state index contributed by atoms with van der Waals surface area (Å²) >= 11 is 1.98. The summed E-state index contributed by atoms with van der Waals surface area (Å²) in [5.41, 5.74) is 0.699. The molecule has 2 heteroatoms.